The van der Waals surface area contributed by atoms with Gasteiger partial charge in [-0.05, 0) is 50.0 Å². The van der Waals surface area contributed by atoms with Crippen molar-refractivity contribution in [3.63, 3.8) is 0 Å². The van der Waals surface area contributed by atoms with Crippen molar-refractivity contribution in [2.75, 3.05) is 13.1 Å². The molecule has 1 saturated heterocycles. The van der Waals surface area contributed by atoms with E-state index in [9.17, 15) is 0 Å². The molecular weight excluding hydrogens is 250 g/mol. The molecule has 1 aromatic carbocycles. The summed E-state index contributed by atoms with van der Waals surface area (Å²) in [5, 5.41) is 4.11. The van der Waals surface area contributed by atoms with Crippen LogP contribution in [0.15, 0.2) is 18.2 Å². The number of benzene rings is 1. The maximum atomic E-state index is 5.95. The first-order valence-corrected chi connectivity index (χ1v) is 6.96. The third-order valence-corrected chi connectivity index (χ3v) is 3.93. The van der Waals surface area contributed by atoms with Gasteiger partial charge < -0.3 is 14.8 Å². The van der Waals surface area contributed by atoms with E-state index in [1.54, 1.807) is 0 Å². The van der Waals surface area contributed by atoms with Gasteiger partial charge in [-0.2, -0.15) is 0 Å². The number of fused-ring (bicyclic) bond motifs is 1. The first-order chi connectivity index (χ1) is 8.81. The van der Waals surface area contributed by atoms with Crippen LogP contribution in [-0.2, 0) is 11.3 Å². The fourth-order valence-electron chi connectivity index (χ4n) is 2.64. The van der Waals surface area contributed by atoms with Crippen molar-refractivity contribution in [2.24, 2.45) is 5.92 Å². The Labute approximate surface area is 112 Å². The minimum Gasteiger partial charge on any atom is -0.465 e. The third-order valence-electron chi connectivity index (χ3n) is 3.69. The predicted octanol–water partition coefficient (Wildman–Crippen LogP) is 2.96. The lowest BCUT2D eigenvalue weighted by Gasteiger charge is -2.31. The summed E-state index contributed by atoms with van der Waals surface area (Å²) in [6.45, 7) is 2.83. The zero-order valence-corrected chi connectivity index (χ0v) is 11.1. The van der Waals surface area contributed by atoms with Gasteiger partial charge in [-0.3, -0.25) is 0 Å². The fraction of sp³-hybridized carbons (Fsp3) is 0.571. The number of rotatable bonds is 2. The molecule has 1 aromatic rings. The molecule has 2 aliphatic rings. The molecule has 1 fully saturated rings. The summed E-state index contributed by atoms with van der Waals surface area (Å²) in [6.07, 6.45) is 3.33. The van der Waals surface area contributed by atoms with E-state index in [0.29, 0.717) is 12.5 Å². The van der Waals surface area contributed by atoms with E-state index in [-0.39, 0.29) is 6.29 Å². The van der Waals surface area contributed by atoms with Crippen molar-refractivity contribution < 1.29 is 9.47 Å². The zero-order chi connectivity index (χ0) is 12.4. The highest BCUT2D eigenvalue weighted by Crippen LogP contribution is 2.31. The summed E-state index contributed by atoms with van der Waals surface area (Å²) in [7, 11) is 0. The minimum atomic E-state index is -0.0956. The highest BCUT2D eigenvalue weighted by Gasteiger charge is 2.24. The fourth-order valence-corrected chi connectivity index (χ4v) is 2.83. The van der Waals surface area contributed by atoms with Gasteiger partial charge in [-0.1, -0.05) is 11.6 Å². The summed E-state index contributed by atoms with van der Waals surface area (Å²) >= 11 is 5.95. The van der Waals surface area contributed by atoms with Crippen molar-refractivity contribution in [3.05, 3.63) is 28.8 Å². The molecule has 18 heavy (non-hydrogen) atoms. The molecule has 2 heterocycles. The van der Waals surface area contributed by atoms with Crippen molar-refractivity contribution in [1.82, 2.24) is 5.32 Å². The Morgan fingerprint density at radius 3 is 2.94 bits per heavy atom. The van der Waals surface area contributed by atoms with E-state index < -0.39 is 0 Å². The van der Waals surface area contributed by atoms with Crippen LogP contribution in [0, 0.1) is 5.92 Å². The number of ether oxygens (including phenoxy) is 2. The van der Waals surface area contributed by atoms with Gasteiger partial charge in [0.1, 0.15) is 5.75 Å². The van der Waals surface area contributed by atoms with Crippen LogP contribution < -0.4 is 10.1 Å². The monoisotopic (exact) mass is 267 g/mol. The molecule has 0 amide bonds. The van der Waals surface area contributed by atoms with Crippen molar-refractivity contribution >= 4 is 11.6 Å². The average Bonchev–Trinajstić information content (AvgIpc) is 2.40. The van der Waals surface area contributed by atoms with Crippen LogP contribution in [0.25, 0.3) is 0 Å². The molecule has 3 rings (SSSR count). The minimum absolute atomic E-state index is 0.0956. The molecular formula is C14H18ClNO2. The molecule has 0 spiro atoms. The smallest absolute Gasteiger partial charge is 0.200 e. The standard InChI is InChI=1S/C14H18ClNO2/c15-12-1-2-13-11(8-12)9-17-14(18-13)7-10-3-5-16-6-4-10/h1-2,8,10,14,16H,3-7,9H2. The van der Waals surface area contributed by atoms with E-state index in [1.807, 2.05) is 18.2 Å². The first-order valence-electron chi connectivity index (χ1n) is 6.58. The van der Waals surface area contributed by atoms with Gasteiger partial charge in [0, 0.05) is 17.0 Å². The summed E-state index contributed by atoms with van der Waals surface area (Å²) < 4.78 is 11.6. The van der Waals surface area contributed by atoms with Crippen LogP contribution in [0.1, 0.15) is 24.8 Å². The molecule has 3 nitrogen and oxygen atoms in total. The van der Waals surface area contributed by atoms with E-state index in [0.717, 1.165) is 35.8 Å². The van der Waals surface area contributed by atoms with Gasteiger partial charge >= 0.3 is 0 Å². The number of hydrogen-bond acceptors (Lipinski definition) is 3. The Hall–Kier alpha value is -0.770. The SMILES string of the molecule is Clc1ccc2c(c1)COC(CC1CCNCC1)O2. The Bertz CT molecular complexity index is 418. The van der Waals surface area contributed by atoms with E-state index in [4.69, 9.17) is 21.1 Å². The Kier molecular flexibility index (Phi) is 3.73. The van der Waals surface area contributed by atoms with Crippen molar-refractivity contribution in [3.8, 4) is 5.75 Å². The number of halogens is 1. The van der Waals surface area contributed by atoms with Crippen molar-refractivity contribution in [1.29, 1.82) is 0 Å². The van der Waals surface area contributed by atoms with E-state index in [1.165, 1.54) is 12.8 Å². The number of nitrogens with one attached hydrogen (secondary N) is 1. The number of hydrogen-bond donors (Lipinski definition) is 1. The van der Waals surface area contributed by atoms with E-state index >= 15 is 0 Å². The summed E-state index contributed by atoms with van der Waals surface area (Å²) in [6, 6.07) is 5.72. The molecule has 0 aliphatic carbocycles. The highest BCUT2D eigenvalue weighted by atomic mass is 35.5. The van der Waals surface area contributed by atoms with Crippen LogP contribution in [0.4, 0.5) is 0 Å². The predicted molar refractivity (Wildman–Crippen MR) is 70.9 cm³/mol. The maximum Gasteiger partial charge on any atom is 0.200 e. The first kappa shape index (κ1) is 12.3. The second-order valence-corrected chi connectivity index (χ2v) is 5.48. The summed E-state index contributed by atoms with van der Waals surface area (Å²) in [5.74, 6) is 1.63. The molecule has 0 aromatic heterocycles. The number of piperidine rings is 1. The topological polar surface area (TPSA) is 30.5 Å². The van der Waals surface area contributed by atoms with Gasteiger partial charge in [0.25, 0.3) is 0 Å². The van der Waals surface area contributed by atoms with Crippen LogP contribution in [0.2, 0.25) is 5.02 Å². The largest absolute Gasteiger partial charge is 0.465 e. The maximum absolute atomic E-state index is 5.95. The van der Waals surface area contributed by atoms with Crippen LogP contribution in [0.3, 0.4) is 0 Å². The molecule has 2 aliphatic heterocycles. The molecule has 4 heteroatoms. The van der Waals surface area contributed by atoms with Gasteiger partial charge in [-0.25, -0.2) is 0 Å². The lowest BCUT2D eigenvalue weighted by Crippen LogP contribution is -2.33. The molecule has 1 N–H and O–H groups in total. The molecule has 98 valence electrons. The van der Waals surface area contributed by atoms with Crippen LogP contribution >= 0.6 is 11.6 Å². The molecule has 0 bridgehead atoms. The van der Waals surface area contributed by atoms with Crippen LogP contribution in [0.5, 0.6) is 5.75 Å². The lowest BCUT2D eigenvalue weighted by atomic mass is 9.94. The quantitative estimate of drug-likeness (QED) is 0.894. The molecule has 1 unspecified atom stereocenters. The van der Waals surface area contributed by atoms with Gasteiger partial charge in [-0.15, -0.1) is 0 Å². The van der Waals surface area contributed by atoms with E-state index in [2.05, 4.69) is 5.32 Å². The lowest BCUT2D eigenvalue weighted by molar-refractivity contribution is -0.120. The Morgan fingerprint density at radius 1 is 1.28 bits per heavy atom. The van der Waals surface area contributed by atoms with Gasteiger partial charge in [0.15, 0.2) is 6.29 Å². The zero-order valence-electron chi connectivity index (χ0n) is 10.3. The normalized spacial score (nSPS) is 24.4. The summed E-state index contributed by atoms with van der Waals surface area (Å²) in [4.78, 5) is 0. The average molecular weight is 268 g/mol. The van der Waals surface area contributed by atoms with Gasteiger partial charge in [0.05, 0.1) is 6.61 Å². The second-order valence-electron chi connectivity index (χ2n) is 5.04. The molecule has 0 radical (unpaired) electrons. The summed E-state index contributed by atoms with van der Waals surface area (Å²) in [5.41, 5.74) is 1.05. The van der Waals surface area contributed by atoms with Gasteiger partial charge in [0.2, 0.25) is 0 Å². The molecule has 1 atom stereocenters. The van der Waals surface area contributed by atoms with Crippen molar-refractivity contribution in [2.45, 2.75) is 32.2 Å². The Morgan fingerprint density at radius 2 is 2.11 bits per heavy atom. The van der Waals surface area contributed by atoms with Crippen LogP contribution in [-0.4, -0.2) is 19.4 Å². The second kappa shape index (κ2) is 5.47. The highest BCUT2D eigenvalue weighted by molar-refractivity contribution is 6.30. The third kappa shape index (κ3) is 2.79. The Balaban J connectivity index is 1.62. The molecule has 0 saturated carbocycles.